The van der Waals surface area contributed by atoms with Crippen LogP contribution in [0.4, 0.5) is 0 Å². The highest BCUT2D eigenvalue weighted by molar-refractivity contribution is 5.05. The minimum absolute atomic E-state index is 0.285. The normalized spacial score (nSPS) is 14.7. The van der Waals surface area contributed by atoms with Gasteiger partial charge >= 0.3 is 0 Å². The van der Waals surface area contributed by atoms with E-state index in [0.29, 0.717) is 6.04 Å². The molecular formula is C13H22N2O. The number of aromatic nitrogens is 1. The van der Waals surface area contributed by atoms with E-state index in [2.05, 4.69) is 30.2 Å². The third-order valence-corrected chi connectivity index (χ3v) is 2.69. The highest BCUT2D eigenvalue weighted by Gasteiger charge is 2.12. The average Bonchev–Trinajstić information content (AvgIpc) is 2.30. The van der Waals surface area contributed by atoms with Crippen LogP contribution in [0.1, 0.15) is 26.0 Å². The van der Waals surface area contributed by atoms with Crippen LogP contribution in [0.2, 0.25) is 0 Å². The molecule has 1 aromatic heterocycles. The third-order valence-electron chi connectivity index (χ3n) is 2.69. The lowest BCUT2D eigenvalue weighted by Crippen LogP contribution is -2.34. The second-order valence-corrected chi connectivity index (χ2v) is 4.06. The summed E-state index contributed by atoms with van der Waals surface area (Å²) >= 11 is 0. The van der Waals surface area contributed by atoms with Gasteiger partial charge < -0.3 is 10.1 Å². The van der Waals surface area contributed by atoms with Crippen molar-refractivity contribution >= 4 is 0 Å². The number of rotatable bonds is 7. The molecule has 0 fully saturated rings. The molecule has 0 aliphatic rings. The number of likely N-dealkylation sites (N-methyl/N-ethyl adjacent to an activating group) is 1. The molecule has 0 aliphatic carbocycles. The zero-order chi connectivity index (χ0) is 11.8. The van der Waals surface area contributed by atoms with Gasteiger partial charge in [-0.1, -0.05) is 13.0 Å². The maximum Gasteiger partial charge on any atom is 0.0558 e. The van der Waals surface area contributed by atoms with E-state index in [1.54, 1.807) is 7.11 Å². The van der Waals surface area contributed by atoms with Gasteiger partial charge in [0, 0.05) is 31.5 Å². The first kappa shape index (κ1) is 13.1. The Morgan fingerprint density at radius 2 is 2.25 bits per heavy atom. The average molecular weight is 222 g/mol. The highest BCUT2D eigenvalue weighted by atomic mass is 16.5. The molecule has 16 heavy (non-hydrogen) atoms. The number of methoxy groups -OCH3 is 1. The summed E-state index contributed by atoms with van der Waals surface area (Å²) in [6, 6.07) is 6.49. The summed E-state index contributed by atoms with van der Waals surface area (Å²) in [5.41, 5.74) is 1.14. The van der Waals surface area contributed by atoms with Gasteiger partial charge in [-0.05, 0) is 32.0 Å². The molecule has 0 aliphatic heterocycles. The molecule has 0 bridgehead atoms. The third kappa shape index (κ3) is 4.73. The van der Waals surface area contributed by atoms with Crippen molar-refractivity contribution in [3.63, 3.8) is 0 Å². The maximum atomic E-state index is 5.30. The predicted molar refractivity (Wildman–Crippen MR) is 66.5 cm³/mol. The molecule has 0 radical (unpaired) electrons. The van der Waals surface area contributed by atoms with Crippen molar-refractivity contribution < 1.29 is 4.74 Å². The number of pyridine rings is 1. The van der Waals surface area contributed by atoms with Crippen LogP contribution in [0.3, 0.4) is 0 Å². The number of nitrogens with zero attached hydrogens (tertiary/aromatic N) is 1. The summed E-state index contributed by atoms with van der Waals surface area (Å²) in [6.07, 6.45) is 4.11. The van der Waals surface area contributed by atoms with Gasteiger partial charge in [-0.15, -0.1) is 0 Å². The quantitative estimate of drug-likeness (QED) is 0.766. The highest BCUT2D eigenvalue weighted by Crippen LogP contribution is 2.07. The molecule has 2 unspecified atom stereocenters. The van der Waals surface area contributed by atoms with Crippen molar-refractivity contribution in [3.8, 4) is 0 Å². The molecule has 0 spiro atoms. The Labute approximate surface area is 98.2 Å². The summed E-state index contributed by atoms with van der Waals surface area (Å²) in [4.78, 5) is 4.35. The van der Waals surface area contributed by atoms with E-state index >= 15 is 0 Å². The molecule has 3 heteroatoms. The Balaban J connectivity index is 2.50. The van der Waals surface area contributed by atoms with Crippen LogP contribution in [0.15, 0.2) is 24.4 Å². The van der Waals surface area contributed by atoms with Gasteiger partial charge in [-0.25, -0.2) is 0 Å². The number of ether oxygens (including phenoxy) is 1. The number of nitrogens with one attached hydrogen (secondary N) is 1. The topological polar surface area (TPSA) is 34.2 Å². The summed E-state index contributed by atoms with van der Waals surface area (Å²) < 4.78 is 5.30. The molecule has 0 saturated carbocycles. The molecule has 0 amide bonds. The van der Waals surface area contributed by atoms with Crippen LogP contribution < -0.4 is 5.32 Å². The Morgan fingerprint density at radius 1 is 1.44 bits per heavy atom. The van der Waals surface area contributed by atoms with Crippen LogP contribution in [-0.4, -0.2) is 30.8 Å². The van der Waals surface area contributed by atoms with Gasteiger partial charge in [-0.2, -0.15) is 0 Å². The van der Waals surface area contributed by atoms with E-state index < -0.39 is 0 Å². The summed E-state index contributed by atoms with van der Waals surface area (Å²) in [5, 5.41) is 3.48. The Hall–Kier alpha value is -0.930. The molecule has 1 N–H and O–H groups in total. The Kier molecular flexibility index (Phi) is 6.04. The first-order valence-corrected chi connectivity index (χ1v) is 5.92. The van der Waals surface area contributed by atoms with Crippen LogP contribution in [0.25, 0.3) is 0 Å². The number of hydrogen-bond acceptors (Lipinski definition) is 3. The van der Waals surface area contributed by atoms with Crippen molar-refractivity contribution in [2.45, 2.75) is 38.8 Å². The van der Waals surface area contributed by atoms with Gasteiger partial charge in [-0.3, -0.25) is 4.98 Å². The minimum atomic E-state index is 0.285. The molecular weight excluding hydrogens is 200 g/mol. The van der Waals surface area contributed by atoms with Crippen molar-refractivity contribution in [1.82, 2.24) is 10.3 Å². The van der Waals surface area contributed by atoms with Crippen molar-refractivity contribution in [1.29, 1.82) is 0 Å². The fourth-order valence-electron chi connectivity index (χ4n) is 1.80. The van der Waals surface area contributed by atoms with Crippen molar-refractivity contribution in [2.24, 2.45) is 0 Å². The zero-order valence-electron chi connectivity index (χ0n) is 10.4. The lowest BCUT2D eigenvalue weighted by molar-refractivity contribution is 0.100. The van der Waals surface area contributed by atoms with Crippen molar-refractivity contribution in [3.05, 3.63) is 30.1 Å². The van der Waals surface area contributed by atoms with E-state index in [1.165, 1.54) is 0 Å². The van der Waals surface area contributed by atoms with Gasteiger partial charge in [0.25, 0.3) is 0 Å². The summed E-state index contributed by atoms with van der Waals surface area (Å²) in [6.45, 7) is 5.21. The number of hydrogen-bond donors (Lipinski definition) is 1. The molecule has 2 atom stereocenters. The molecule has 0 aromatic carbocycles. The molecule has 1 aromatic rings. The van der Waals surface area contributed by atoms with Gasteiger partial charge in [0.05, 0.1) is 6.10 Å². The van der Waals surface area contributed by atoms with Gasteiger partial charge in [0.2, 0.25) is 0 Å². The van der Waals surface area contributed by atoms with Crippen LogP contribution >= 0.6 is 0 Å². The zero-order valence-corrected chi connectivity index (χ0v) is 10.4. The molecule has 1 heterocycles. The van der Waals surface area contributed by atoms with Gasteiger partial charge in [0.1, 0.15) is 0 Å². The fraction of sp³-hybridized carbons (Fsp3) is 0.615. The van der Waals surface area contributed by atoms with E-state index in [1.807, 2.05) is 18.3 Å². The Bertz CT molecular complexity index is 277. The Morgan fingerprint density at radius 3 is 2.81 bits per heavy atom. The van der Waals surface area contributed by atoms with Crippen LogP contribution in [0.5, 0.6) is 0 Å². The fourth-order valence-corrected chi connectivity index (χ4v) is 1.80. The van der Waals surface area contributed by atoms with E-state index in [4.69, 9.17) is 4.74 Å². The molecule has 3 nitrogen and oxygen atoms in total. The molecule has 90 valence electrons. The molecule has 0 saturated heterocycles. The predicted octanol–water partition coefficient (Wildman–Crippen LogP) is 2.03. The van der Waals surface area contributed by atoms with Crippen molar-refractivity contribution in [2.75, 3.05) is 13.7 Å². The first-order valence-electron chi connectivity index (χ1n) is 5.92. The largest absolute Gasteiger partial charge is 0.382 e. The van der Waals surface area contributed by atoms with Gasteiger partial charge in [0.15, 0.2) is 0 Å². The van der Waals surface area contributed by atoms with E-state index in [0.717, 1.165) is 25.1 Å². The SMILES string of the molecule is CCNC(Cc1ccccn1)CC(C)OC. The second-order valence-electron chi connectivity index (χ2n) is 4.06. The maximum absolute atomic E-state index is 5.30. The first-order chi connectivity index (χ1) is 7.76. The van der Waals surface area contributed by atoms with Crippen LogP contribution in [0, 0.1) is 0 Å². The van der Waals surface area contributed by atoms with Crippen LogP contribution in [-0.2, 0) is 11.2 Å². The standard InChI is InChI=1S/C13H22N2O/c1-4-14-13(9-11(2)16-3)10-12-7-5-6-8-15-12/h5-8,11,13-14H,4,9-10H2,1-3H3. The van der Waals surface area contributed by atoms with E-state index in [-0.39, 0.29) is 6.10 Å². The molecule has 1 rings (SSSR count). The minimum Gasteiger partial charge on any atom is -0.382 e. The lowest BCUT2D eigenvalue weighted by atomic mass is 10.0. The lowest BCUT2D eigenvalue weighted by Gasteiger charge is -2.20. The summed E-state index contributed by atoms with van der Waals surface area (Å²) in [7, 11) is 1.76. The summed E-state index contributed by atoms with van der Waals surface area (Å²) in [5.74, 6) is 0. The monoisotopic (exact) mass is 222 g/mol. The smallest absolute Gasteiger partial charge is 0.0558 e. The van der Waals surface area contributed by atoms with E-state index in [9.17, 15) is 0 Å². The second kappa shape index (κ2) is 7.36.